The van der Waals surface area contributed by atoms with Gasteiger partial charge in [0.2, 0.25) is 0 Å². The third-order valence-electron chi connectivity index (χ3n) is 4.57. The summed E-state index contributed by atoms with van der Waals surface area (Å²) in [6.07, 6.45) is 5.78. The van der Waals surface area contributed by atoms with Crippen molar-refractivity contribution in [2.45, 2.75) is 45.2 Å². The molecule has 0 radical (unpaired) electrons. The predicted octanol–water partition coefficient (Wildman–Crippen LogP) is 2.58. The molecule has 4 nitrogen and oxygen atoms in total. The summed E-state index contributed by atoms with van der Waals surface area (Å²) in [5, 5.41) is 3.39. The van der Waals surface area contributed by atoms with Gasteiger partial charge in [-0.1, -0.05) is 6.92 Å². The minimum Gasteiger partial charge on any atom is -0.370 e. The first-order valence-electron chi connectivity index (χ1n) is 7.98. The Morgan fingerprint density at radius 2 is 2.30 bits per heavy atom. The van der Waals surface area contributed by atoms with E-state index in [9.17, 15) is 0 Å². The van der Waals surface area contributed by atoms with Crippen LogP contribution in [0.2, 0.25) is 0 Å². The maximum Gasteiger partial charge on any atom is 0.127 e. The van der Waals surface area contributed by atoms with Crippen molar-refractivity contribution in [3.8, 4) is 0 Å². The molecule has 0 bridgehead atoms. The Kier molecular flexibility index (Phi) is 4.10. The van der Waals surface area contributed by atoms with Crippen LogP contribution in [0, 0.1) is 0 Å². The fraction of sp³-hybridized carbons (Fsp3) is 0.688. The van der Waals surface area contributed by atoms with Gasteiger partial charge in [-0.3, -0.25) is 4.90 Å². The van der Waals surface area contributed by atoms with Gasteiger partial charge in [-0.2, -0.15) is 0 Å². The van der Waals surface area contributed by atoms with E-state index in [1.165, 1.54) is 38.2 Å². The maximum atomic E-state index is 4.42. The van der Waals surface area contributed by atoms with Gasteiger partial charge in [0.1, 0.15) is 5.82 Å². The fourth-order valence-corrected chi connectivity index (χ4v) is 3.49. The highest BCUT2D eigenvalue weighted by Gasteiger charge is 2.34. The highest BCUT2D eigenvalue weighted by Crippen LogP contribution is 2.29. The maximum absolute atomic E-state index is 4.42. The Hall–Kier alpha value is -1.29. The van der Waals surface area contributed by atoms with Crippen molar-refractivity contribution in [1.82, 2.24) is 9.88 Å². The molecule has 0 aromatic carbocycles. The van der Waals surface area contributed by atoms with Crippen LogP contribution < -0.4 is 10.2 Å². The second-order valence-electron chi connectivity index (χ2n) is 6.12. The Balaban J connectivity index is 1.74. The molecule has 2 fully saturated rings. The molecule has 1 aromatic rings. The minimum atomic E-state index is 0.589. The number of hydrogen-bond acceptors (Lipinski definition) is 4. The van der Waals surface area contributed by atoms with E-state index in [-0.39, 0.29) is 0 Å². The van der Waals surface area contributed by atoms with Crippen molar-refractivity contribution in [3.05, 3.63) is 18.3 Å². The first-order valence-corrected chi connectivity index (χ1v) is 7.98. The average Bonchev–Trinajstić information content (AvgIpc) is 2.91. The molecule has 2 unspecified atom stereocenters. The largest absolute Gasteiger partial charge is 0.370 e. The van der Waals surface area contributed by atoms with Crippen LogP contribution in [-0.4, -0.2) is 48.1 Å². The van der Waals surface area contributed by atoms with Crippen molar-refractivity contribution in [2.24, 2.45) is 0 Å². The molecule has 110 valence electrons. The van der Waals surface area contributed by atoms with Gasteiger partial charge in [0.15, 0.2) is 0 Å². The summed E-state index contributed by atoms with van der Waals surface area (Å²) in [6, 6.07) is 5.70. The average molecular weight is 274 g/mol. The van der Waals surface area contributed by atoms with Gasteiger partial charge in [0.25, 0.3) is 0 Å². The van der Waals surface area contributed by atoms with Crippen LogP contribution in [0.3, 0.4) is 0 Å². The monoisotopic (exact) mass is 274 g/mol. The second kappa shape index (κ2) is 6.00. The van der Waals surface area contributed by atoms with Crippen LogP contribution in [0.5, 0.6) is 0 Å². The molecule has 0 saturated carbocycles. The molecule has 3 rings (SSSR count). The van der Waals surface area contributed by atoms with E-state index < -0.39 is 0 Å². The number of fused-ring (bicyclic) bond motifs is 1. The number of rotatable bonds is 4. The fourth-order valence-electron chi connectivity index (χ4n) is 3.49. The SMILES string of the molecule is CCCNc1cc(N2CC3CCCN3CC2C)ccn1. The van der Waals surface area contributed by atoms with Crippen molar-refractivity contribution < 1.29 is 0 Å². The van der Waals surface area contributed by atoms with Gasteiger partial charge in [0, 0.05) is 49.7 Å². The van der Waals surface area contributed by atoms with Gasteiger partial charge in [-0.15, -0.1) is 0 Å². The molecule has 2 aliphatic heterocycles. The van der Waals surface area contributed by atoms with Crippen LogP contribution in [0.4, 0.5) is 11.5 Å². The molecular formula is C16H26N4. The van der Waals surface area contributed by atoms with Gasteiger partial charge in [-0.05, 0) is 38.8 Å². The summed E-state index contributed by atoms with van der Waals surface area (Å²) in [5.41, 5.74) is 1.32. The van der Waals surface area contributed by atoms with E-state index in [0.29, 0.717) is 6.04 Å². The van der Waals surface area contributed by atoms with E-state index >= 15 is 0 Å². The zero-order valence-corrected chi connectivity index (χ0v) is 12.7. The second-order valence-corrected chi connectivity index (χ2v) is 6.12. The molecular weight excluding hydrogens is 248 g/mol. The number of hydrogen-bond donors (Lipinski definition) is 1. The molecule has 1 aromatic heterocycles. The molecule has 1 N–H and O–H groups in total. The van der Waals surface area contributed by atoms with Gasteiger partial charge in [0.05, 0.1) is 0 Å². The summed E-state index contributed by atoms with van der Waals surface area (Å²) in [5.74, 6) is 1.01. The lowest BCUT2D eigenvalue weighted by Gasteiger charge is -2.43. The normalized spacial score (nSPS) is 26.6. The van der Waals surface area contributed by atoms with Crippen molar-refractivity contribution >= 4 is 11.5 Å². The third kappa shape index (κ3) is 2.75. The summed E-state index contributed by atoms with van der Waals surface area (Å²) >= 11 is 0. The zero-order chi connectivity index (χ0) is 13.9. The molecule has 0 aliphatic carbocycles. The van der Waals surface area contributed by atoms with Crippen LogP contribution in [0.15, 0.2) is 18.3 Å². The van der Waals surface area contributed by atoms with Crippen LogP contribution >= 0.6 is 0 Å². The van der Waals surface area contributed by atoms with E-state index in [4.69, 9.17) is 0 Å². The molecule has 4 heteroatoms. The Morgan fingerprint density at radius 3 is 3.15 bits per heavy atom. The molecule has 2 atom stereocenters. The van der Waals surface area contributed by atoms with E-state index in [0.717, 1.165) is 24.8 Å². The van der Waals surface area contributed by atoms with Gasteiger partial charge in [-0.25, -0.2) is 4.98 Å². The Morgan fingerprint density at radius 1 is 1.40 bits per heavy atom. The summed E-state index contributed by atoms with van der Waals surface area (Å²) in [7, 11) is 0. The van der Waals surface area contributed by atoms with E-state index in [1.807, 2.05) is 6.20 Å². The zero-order valence-electron chi connectivity index (χ0n) is 12.7. The first-order chi connectivity index (χ1) is 9.78. The van der Waals surface area contributed by atoms with Crippen LogP contribution in [0.25, 0.3) is 0 Å². The quantitative estimate of drug-likeness (QED) is 0.914. The Labute approximate surface area is 122 Å². The number of anilines is 2. The van der Waals surface area contributed by atoms with E-state index in [1.54, 1.807) is 0 Å². The summed E-state index contributed by atoms with van der Waals surface area (Å²) in [6.45, 7) is 9.17. The highest BCUT2D eigenvalue weighted by molar-refractivity contribution is 5.55. The molecule has 2 aliphatic rings. The minimum absolute atomic E-state index is 0.589. The molecule has 0 spiro atoms. The van der Waals surface area contributed by atoms with Crippen molar-refractivity contribution in [2.75, 3.05) is 36.4 Å². The topological polar surface area (TPSA) is 31.4 Å². The Bertz CT molecular complexity index is 448. The highest BCUT2D eigenvalue weighted by atomic mass is 15.3. The lowest BCUT2D eigenvalue weighted by molar-refractivity contribution is 0.203. The lowest BCUT2D eigenvalue weighted by atomic mass is 10.1. The van der Waals surface area contributed by atoms with Crippen molar-refractivity contribution in [1.29, 1.82) is 0 Å². The van der Waals surface area contributed by atoms with E-state index in [2.05, 4.69) is 46.1 Å². The first kappa shape index (κ1) is 13.7. The molecule has 3 heterocycles. The number of pyridine rings is 1. The van der Waals surface area contributed by atoms with Crippen molar-refractivity contribution in [3.63, 3.8) is 0 Å². The molecule has 20 heavy (non-hydrogen) atoms. The number of piperazine rings is 1. The van der Waals surface area contributed by atoms with Crippen LogP contribution in [-0.2, 0) is 0 Å². The third-order valence-corrected chi connectivity index (χ3v) is 4.57. The number of nitrogens with one attached hydrogen (secondary N) is 1. The summed E-state index contributed by atoms with van der Waals surface area (Å²) in [4.78, 5) is 9.64. The lowest BCUT2D eigenvalue weighted by Crippen LogP contribution is -2.55. The number of nitrogens with zero attached hydrogens (tertiary/aromatic N) is 3. The molecule has 0 amide bonds. The predicted molar refractivity (Wildman–Crippen MR) is 84.4 cm³/mol. The van der Waals surface area contributed by atoms with Gasteiger partial charge < -0.3 is 10.2 Å². The summed E-state index contributed by atoms with van der Waals surface area (Å²) < 4.78 is 0. The number of aromatic nitrogens is 1. The van der Waals surface area contributed by atoms with Crippen LogP contribution in [0.1, 0.15) is 33.1 Å². The standard InChI is InChI=1S/C16H26N4/c1-3-7-17-16-10-14(6-8-18-16)20-12-15-5-4-9-19(15)11-13(20)2/h6,8,10,13,15H,3-5,7,9,11-12H2,1-2H3,(H,17,18). The smallest absolute Gasteiger partial charge is 0.127 e. The molecule has 2 saturated heterocycles. The van der Waals surface area contributed by atoms with Gasteiger partial charge >= 0.3 is 0 Å².